The molecule has 23 heavy (non-hydrogen) atoms. The normalized spacial score (nSPS) is 18.2. The summed E-state index contributed by atoms with van der Waals surface area (Å²) in [5.74, 6) is 0.703. The maximum atomic E-state index is 12.4. The number of aromatic nitrogens is 2. The summed E-state index contributed by atoms with van der Waals surface area (Å²) < 4.78 is 10.8. The molecule has 1 saturated heterocycles. The van der Waals surface area contributed by atoms with E-state index in [1.54, 1.807) is 12.3 Å². The van der Waals surface area contributed by atoms with Crippen molar-refractivity contribution in [2.75, 3.05) is 19.7 Å². The van der Waals surface area contributed by atoms with Gasteiger partial charge in [-0.15, -0.1) is 0 Å². The molecule has 0 spiro atoms. The smallest absolute Gasteiger partial charge is 0.223 e. The highest BCUT2D eigenvalue weighted by Crippen LogP contribution is 2.23. The van der Waals surface area contributed by atoms with Crippen LogP contribution in [-0.4, -0.2) is 40.6 Å². The zero-order chi connectivity index (χ0) is 16.2. The molecule has 0 radical (unpaired) electrons. The van der Waals surface area contributed by atoms with Gasteiger partial charge in [0.2, 0.25) is 5.91 Å². The quantitative estimate of drug-likeness (QED) is 0.859. The van der Waals surface area contributed by atoms with E-state index in [-0.39, 0.29) is 12.0 Å². The highest BCUT2D eigenvalue weighted by molar-refractivity contribution is 6.29. The van der Waals surface area contributed by atoms with Crippen molar-refractivity contribution in [3.05, 3.63) is 46.6 Å². The molecule has 2 aromatic rings. The van der Waals surface area contributed by atoms with Crippen molar-refractivity contribution in [2.45, 2.75) is 25.9 Å². The van der Waals surface area contributed by atoms with Gasteiger partial charge in [0, 0.05) is 37.3 Å². The molecule has 3 rings (SSSR count). The Morgan fingerprint density at radius 2 is 2.35 bits per heavy atom. The zero-order valence-electron chi connectivity index (χ0n) is 12.9. The minimum absolute atomic E-state index is 0.0802. The molecule has 1 atom stereocenters. The first kappa shape index (κ1) is 16.0. The van der Waals surface area contributed by atoms with Crippen LogP contribution < -0.4 is 0 Å². The lowest BCUT2D eigenvalue weighted by atomic mass is 10.1. The summed E-state index contributed by atoms with van der Waals surface area (Å²) in [5.41, 5.74) is 1.99. The number of halogens is 1. The number of carbonyl (C=O) groups is 1. The minimum atomic E-state index is -0.103. The Kier molecular flexibility index (Phi) is 4.93. The number of ether oxygens (including phenoxy) is 1. The highest BCUT2D eigenvalue weighted by Gasteiger charge is 2.25. The number of carbonyl (C=O) groups excluding carboxylic acids is 1. The number of morpholine rings is 1. The molecule has 1 amide bonds. The van der Waals surface area contributed by atoms with Gasteiger partial charge in [0.05, 0.1) is 13.2 Å². The highest BCUT2D eigenvalue weighted by atomic mass is 35.5. The minimum Gasteiger partial charge on any atom is -0.370 e. The fourth-order valence-electron chi connectivity index (χ4n) is 2.64. The molecule has 0 bridgehead atoms. The molecular weight excluding hydrogens is 318 g/mol. The summed E-state index contributed by atoms with van der Waals surface area (Å²) in [6.07, 6.45) is 2.53. The fraction of sp³-hybridized carbons (Fsp3) is 0.438. The van der Waals surface area contributed by atoms with Crippen LogP contribution in [0.4, 0.5) is 0 Å². The first-order valence-electron chi connectivity index (χ1n) is 7.55. The molecule has 0 aromatic carbocycles. The molecule has 7 heteroatoms. The van der Waals surface area contributed by atoms with E-state index in [1.165, 1.54) is 0 Å². The molecule has 2 aromatic heterocycles. The first-order chi connectivity index (χ1) is 11.1. The summed E-state index contributed by atoms with van der Waals surface area (Å²) in [6, 6.07) is 5.56. The molecule has 122 valence electrons. The molecule has 0 N–H and O–H groups in total. The Morgan fingerprint density at radius 3 is 3.09 bits per heavy atom. The van der Waals surface area contributed by atoms with Gasteiger partial charge in [0.25, 0.3) is 0 Å². The SMILES string of the molecule is Cc1cc([C@@H]2CN(C(=O)CCc3cc(Cl)no3)CCO2)ccn1. The van der Waals surface area contributed by atoms with E-state index in [2.05, 4.69) is 10.1 Å². The maximum Gasteiger partial charge on any atom is 0.223 e. The number of hydrogen-bond acceptors (Lipinski definition) is 5. The molecule has 1 fully saturated rings. The Hall–Kier alpha value is -1.92. The molecule has 1 aliphatic rings. The second-order valence-corrected chi connectivity index (χ2v) is 5.93. The van der Waals surface area contributed by atoms with Crippen molar-refractivity contribution in [1.29, 1.82) is 0 Å². The van der Waals surface area contributed by atoms with Crippen LogP contribution in [0.2, 0.25) is 5.15 Å². The van der Waals surface area contributed by atoms with Gasteiger partial charge in [-0.1, -0.05) is 16.8 Å². The van der Waals surface area contributed by atoms with Crippen LogP contribution in [0.5, 0.6) is 0 Å². The van der Waals surface area contributed by atoms with Crippen LogP contribution in [0, 0.1) is 6.92 Å². The van der Waals surface area contributed by atoms with Gasteiger partial charge in [-0.2, -0.15) is 0 Å². The van der Waals surface area contributed by atoms with Crippen molar-refractivity contribution in [2.24, 2.45) is 0 Å². The van der Waals surface area contributed by atoms with E-state index in [4.69, 9.17) is 20.9 Å². The predicted molar refractivity (Wildman–Crippen MR) is 84.1 cm³/mol. The summed E-state index contributed by atoms with van der Waals surface area (Å²) in [7, 11) is 0. The molecule has 0 saturated carbocycles. The van der Waals surface area contributed by atoms with Gasteiger partial charge in [0.1, 0.15) is 11.9 Å². The van der Waals surface area contributed by atoms with Gasteiger partial charge in [-0.05, 0) is 24.6 Å². The van der Waals surface area contributed by atoms with Gasteiger partial charge < -0.3 is 14.2 Å². The van der Waals surface area contributed by atoms with Crippen LogP contribution in [0.1, 0.15) is 29.5 Å². The number of pyridine rings is 1. The fourth-order valence-corrected chi connectivity index (χ4v) is 2.80. The largest absolute Gasteiger partial charge is 0.370 e. The summed E-state index contributed by atoms with van der Waals surface area (Å²) >= 11 is 5.70. The Bertz CT molecular complexity index is 689. The molecule has 3 heterocycles. The number of aryl methyl sites for hydroxylation is 2. The molecule has 0 aliphatic carbocycles. The third kappa shape index (κ3) is 4.09. The van der Waals surface area contributed by atoms with Gasteiger partial charge in [-0.3, -0.25) is 9.78 Å². The summed E-state index contributed by atoms with van der Waals surface area (Å²) in [6.45, 7) is 3.64. The van der Waals surface area contributed by atoms with Crippen LogP contribution in [0.15, 0.2) is 28.9 Å². The van der Waals surface area contributed by atoms with E-state index in [0.29, 0.717) is 43.5 Å². The number of hydrogen-bond donors (Lipinski definition) is 0. The summed E-state index contributed by atoms with van der Waals surface area (Å²) in [5, 5.41) is 3.92. The van der Waals surface area contributed by atoms with Crippen molar-refractivity contribution >= 4 is 17.5 Å². The Labute approximate surface area is 139 Å². The number of rotatable bonds is 4. The third-order valence-corrected chi connectivity index (χ3v) is 4.01. The van der Waals surface area contributed by atoms with E-state index in [0.717, 1.165) is 11.3 Å². The third-order valence-electron chi connectivity index (χ3n) is 3.83. The van der Waals surface area contributed by atoms with Crippen molar-refractivity contribution < 1.29 is 14.1 Å². The van der Waals surface area contributed by atoms with E-state index in [9.17, 15) is 4.79 Å². The average molecular weight is 336 g/mol. The van der Waals surface area contributed by atoms with E-state index < -0.39 is 0 Å². The van der Waals surface area contributed by atoms with Crippen molar-refractivity contribution in [3.63, 3.8) is 0 Å². The summed E-state index contributed by atoms with van der Waals surface area (Å²) in [4.78, 5) is 18.4. The predicted octanol–water partition coefficient (Wildman–Crippen LogP) is 2.56. The second kappa shape index (κ2) is 7.10. The zero-order valence-corrected chi connectivity index (χ0v) is 13.6. The maximum absolute atomic E-state index is 12.4. The second-order valence-electron chi connectivity index (χ2n) is 5.55. The Balaban J connectivity index is 1.58. The van der Waals surface area contributed by atoms with Crippen molar-refractivity contribution in [3.8, 4) is 0 Å². The number of amides is 1. The lowest BCUT2D eigenvalue weighted by Crippen LogP contribution is -2.42. The van der Waals surface area contributed by atoms with Crippen LogP contribution in [0.3, 0.4) is 0 Å². The molecular formula is C16H18ClN3O3. The van der Waals surface area contributed by atoms with Crippen LogP contribution in [-0.2, 0) is 16.0 Å². The van der Waals surface area contributed by atoms with Crippen LogP contribution in [0.25, 0.3) is 0 Å². The van der Waals surface area contributed by atoms with Crippen LogP contribution >= 0.6 is 11.6 Å². The standard InChI is InChI=1S/C16H18ClN3O3/c1-11-8-12(4-5-18-11)14-10-20(6-7-22-14)16(21)3-2-13-9-15(17)19-23-13/h4-5,8-9,14H,2-3,6-7,10H2,1H3/t14-/m0/s1. The van der Waals surface area contributed by atoms with E-state index >= 15 is 0 Å². The monoisotopic (exact) mass is 335 g/mol. The lowest BCUT2D eigenvalue weighted by Gasteiger charge is -2.33. The van der Waals surface area contributed by atoms with E-state index in [1.807, 2.05) is 24.0 Å². The Morgan fingerprint density at radius 1 is 1.48 bits per heavy atom. The van der Waals surface area contributed by atoms with Gasteiger partial charge in [-0.25, -0.2) is 0 Å². The first-order valence-corrected chi connectivity index (χ1v) is 7.92. The van der Waals surface area contributed by atoms with Crippen molar-refractivity contribution in [1.82, 2.24) is 15.0 Å². The number of nitrogens with zero attached hydrogens (tertiary/aromatic N) is 3. The van der Waals surface area contributed by atoms with Gasteiger partial charge in [0.15, 0.2) is 5.15 Å². The average Bonchev–Trinajstić information content (AvgIpc) is 2.98. The molecule has 6 nitrogen and oxygen atoms in total. The molecule has 1 aliphatic heterocycles. The lowest BCUT2D eigenvalue weighted by molar-refractivity contribution is -0.139. The van der Waals surface area contributed by atoms with Gasteiger partial charge >= 0.3 is 0 Å². The topological polar surface area (TPSA) is 68.5 Å². The molecule has 0 unspecified atom stereocenters.